The predicted octanol–water partition coefficient (Wildman–Crippen LogP) is 15.6. The Bertz CT molecular complexity index is 943. The molecule has 7 heteroatoms. The number of nitrogens with zero attached hydrogens (tertiary/aromatic N) is 2. The number of carbonyl (C=O) groups is 2. The molecular formula is C56H110N2O5. The highest BCUT2D eigenvalue weighted by molar-refractivity contribution is 5.70. The molecule has 0 atom stereocenters. The van der Waals surface area contributed by atoms with Gasteiger partial charge in [-0.1, -0.05) is 188 Å². The van der Waals surface area contributed by atoms with Crippen molar-refractivity contribution in [3.63, 3.8) is 0 Å². The summed E-state index contributed by atoms with van der Waals surface area (Å²) in [6, 6.07) is 0.694. The number of unbranched alkanes of at least 4 members (excludes halogenated alkanes) is 24. The zero-order valence-corrected chi connectivity index (χ0v) is 42.9. The largest absolute Gasteiger partial charge is 0.466 e. The fourth-order valence-corrected chi connectivity index (χ4v) is 9.70. The number of aliphatic hydroxyl groups is 1. The van der Waals surface area contributed by atoms with E-state index >= 15 is 0 Å². The molecule has 1 aliphatic carbocycles. The van der Waals surface area contributed by atoms with E-state index in [1.54, 1.807) is 0 Å². The van der Waals surface area contributed by atoms with Crippen LogP contribution in [0.4, 0.5) is 0 Å². The van der Waals surface area contributed by atoms with Gasteiger partial charge in [-0.15, -0.1) is 0 Å². The Labute approximate surface area is 393 Å². The summed E-state index contributed by atoms with van der Waals surface area (Å²) in [6.07, 6.45) is 47.5. The van der Waals surface area contributed by atoms with Crippen LogP contribution in [0.25, 0.3) is 0 Å². The van der Waals surface area contributed by atoms with Crippen molar-refractivity contribution in [2.24, 2.45) is 11.8 Å². The Morgan fingerprint density at radius 1 is 0.444 bits per heavy atom. The van der Waals surface area contributed by atoms with Crippen LogP contribution in [-0.4, -0.2) is 85.4 Å². The van der Waals surface area contributed by atoms with E-state index in [4.69, 9.17) is 9.47 Å². The van der Waals surface area contributed by atoms with Crippen molar-refractivity contribution in [1.82, 2.24) is 9.80 Å². The lowest BCUT2D eigenvalue weighted by atomic mass is 9.91. The number of hydrogen-bond donors (Lipinski definition) is 1. The van der Waals surface area contributed by atoms with Crippen LogP contribution < -0.4 is 0 Å². The molecule has 0 aromatic carbocycles. The molecule has 0 saturated heterocycles. The van der Waals surface area contributed by atoms with E-state index < -0.39 is 0 Å². The Balaban J connectivity index is 2.36. The van der Waals surface area contributed by atoms with Crippen LogP contribution in [0.2, 0.25) is 0 Å². The Hall–Kier alpha value is -1.18. The van der Waals surface area contributed by atoms with Crippen LogP contribution >= 0.6 is 0 Å². The number of aliphatic hydroxyl groups excluding tert-OH is 1. The molecule has 0 amide bonds. The third-order valence-corrected chi connectivity index (χ3v) is 14.2. The van der Waals surface area contributed by atoms with E-state index in [9.17, 15) is 14.7 Å². The highest BCUT2D eigenvalue weighted by Gasteiger charge is 2.25. The van der Waals surface area contributed by atoms with Crippen molar-refractivity contribution in [1.29, 1.82) is 0 Å². The van der Waals surface area contributed by atoms with Crippen molar-refractivity contribution in [3.8, 4) is 0 Å². The van der Waals surface area contributed by atoms with E-state index in [0.29, 0.717) is 43.9 Å². The monoisotopic (exact) mass is 891 g/mol. The SMILES string of the molecule is CCCCCCCCC(CCCCCCCC)CC(=O)OCCCCCN(CCO)CCN(CCCCCOC(=O)CC(CCCCCCCC)CCCCCCCC)C1CCC1. The van der Waals surface area contributed by atoms with Crippen molar-refractivity contribution in [2.75, 3.05) is 52.5 Å². The van der Waals surface area contributed by atoms with Gasteiger partial charge in [0.25, 0.3) is 0 Å². The van der Waals surface area contributed by atoms with E-state index in [1.165, 1.54) is 199 Å². The molecule has 0 unspecified atom stereocenters. The summed E-state index contributed by atoms with van der Waals surface area (Å²) in [5.74, 6) is 1.01. The molecule has 1 N–H and O–H groups in total. The molecule has 1 rings (SSSR count). The molecule has 0 radical (unpaired) electrons. The first-order chi connectivity index (χ1) is 31.0. The number of ether oxygens (including phenoxy) is 2. The van der Waals surface area contributed by atoms with Crippen LogP contribution in [0.5, 0.6) is 0 Å². The van der Waals surface area contributed by atoms with Crippen LogP contribution in [0.3, 0.4) is 0 Å². The Morgan fingerprint density at radius 2 is 0.810 bits per heavy atom. The molecule has 374 valence electrons. The maximum absolute atomic E-state index is 12.9. The summed E-state index contributed by atoms with van der Waals surface area (Å²) in [4.78, 5) is 30.9. The predicted molar refractivity (Wildman–Crippen MR) is 271 cm³/mol. The lowest BCUT2D eigenvalue weighted by Gasteiger charge is -2.39. The molecule has 0 aromatic rings. The van der Waals surface area contributed by atoms with Gasteiger partial charge < -0.3 is 14.6 Å². The number of rotatable bonds is 50. The second kappa shape index (κ2) is 46.0. The van der Waals surface area contributed by atoms with E-state index in [1.807, 2.05) is 0 Å². The van der Waals surface area contributed by atoms with E-state index in [0.717, 1.165) is 71.2 Å². The fourth-order valence-electron chi connectivity index (χ4n) is 9.70. The summed E-state index contributed by atoms with van der Waals surface area (Å²) >= 11 is 0. The van der Waals surface area contributed by atoms with Gasteiger partial charge in [0.05, 0.1) is 19.8 Å². The third-order valence-electron chi connectivity index (χ3n) is 14.2. The normalized spacial score (nSPS) is 13.2. The molecule has 7 nitrogen and oxygen atoms in total. The first-order valence-electron chi connectivity index (χ1n) is 28.4. The maximum atomic E-state index is 12.9. The number of esters is 2. The fraction of sp³-hybridized carbons (Fsp3) is 0.964. The summed E-state index contributed by atoms with van der Waals surface area (Å²) in [5, 5.41) is 9.86. The number of carbonyl (C=O) groups excluding carboxylic acids is 2. The van der Waals surface area contributed by atoms with Gasteiger partial charge in [0.1, 0.15) is 0 Å². The Morgan fingerprint density at radius 3 is 1.17 bits per heavy atom. The van der Waals surface area contributed by atoms with Crippen LogP contribution in [0, 0.1) is 11.8 Å². The van der Waals surface area contributed by atoms with Gasteiger partial charge >= 0.3 is 11.9 Å². The minimum atomic E-state index is 0.0114. The lowest BCUT2D eigenvalue weighted by molar-refractivity contribution is -0.146. The summed E-state index contributed by atoms with van der Waals surface area (Å²) < 4.78 is 11.6. The lowest BCUT2D eigenvalue weighted by Crippen LogP contribution is -2.45. The smallest absolute Gasteiger partial charge is 0.306 e. The van der Waals surface area contributed by atoms with Gasteiger partial charge in [0, 0.05) is 38.5 Å². The molecule has 1 aliphatic rings. The van der Waals surface area contributed by atoms with E-state index in [-0.39, 0.29) is 18.5 Å². The van der Waals surface area contributed by atoms with Crippen LogP contribution in [0.15, 0.2) is 0 Å². The van der Waals surface area contributed by atoms with Gasteiger partial charge in [-0.05, 0) is 102 Å². The molecule has 1 fully saturated rings. The maximum Gasteiger partial charge on any atom is 0.306 e. The second-order valence-electron chi connectivity index (χ2n) is 20.1. The highest BCUT2D eigenvalue weighted by atomic mass is 16.5. The molecular weight excluding hydrogens is 781 g/mol. The minimum Gasteiger partial charge on any atom is -0.466 e. The van der Waals surface area contributed by atoms with Gasteiger partial charge in [-0.3, -0.25) is 19.4 Å². The summed E-state index contributed by atoms with van der Waals surface area (Å²) in [6.45, 7) is 15.2. The average Bonchev–Trinajstić information content (AvgIpc) is 3.25. The topological polar surface area (TPSA) is 79.3 Å². The minimum absolute atomic E-state index is 0.0114. The molecule has 1 saturated carbocycles. The first-order valence-corrected chi connectivity index (χ1v) is 28.4. The van der Waals surface area contributed by atoms with Gasteiger partial charge in [-0.25, -0.2) is 0 Å². The summed E-state index contributed by atoms with van der Waals surface area (Å²) in [5.41, 5.74) is 0. The van der Waals surface area contributed by atoms with Crippen molar-refractivity contribution in [3.05, 3.63) is 0 Å². The van der Waals surface area contributed by atoms with E-state index in [2.05, 4.69) is 37.5 Å². The Kier molecular flexibility index (Phi) is 43.6. The quantitative estimate of drug-likeness (QED) is 0.0481. The average molecular weight is 892 g/mol. The van der Waals surface area contributed by atoms with Crippen LogP contribution in [0.1, 0.15) is 278 Å². The molecule has 0 aliphatic heterocycles. The molecule has 0 spiro atoms. The highest BCUT2D eigenvalue weighted by Crippen LogP contribution is 2.26. The zero-order chi connectivity index (χ0) is 45.7. The molecule has 0 bridgehead atoms. The standard InChI is InChI=1S/C56H110N2O5/c1-5-9-13-17-21-27-36-52(37-28-22-18-14-10-6-2)50-55(60)62-48-33-25-31-42-57(46-47-59)44-45-58(54-40-35-41-54)43-32-26-34-49-63-56(61)51-53(38-29-23-19-15-11-7-3)39-30-24-20-16-12-8-4/h52-54,59H,5-51H2,1-4H3. The van der Waals surface area contributed by atoms with Crippen molar-refractivity contribution in [2.45, 2.75) is 284 Å². The second-order valence-corrected chi connectivity index (χ2v) is 20.1. The van der Waals surface area contributed by atoms with Crippen molar-refractivity contribution < 1.29 is 24.2 Å². The van der Waals surface area contributed by atoms with Gasteiger partial charge in [-0.2, -0.15) is 0 Å². The van der Waals surface area contributed by atoms with Crippen molar-refractivity contribution >= 4 is 11.9 Å². The molecule has 0 aromatic heterocycles. The first kappa shape index (κ1) is 59.8. The molecule has 0 heterocycles. The zero-order valence-electron chi connectivity index (χ0n) is 42.9. The summed E-state index contributed by atoms with van der Waals surface area (Å²) in [7, 11) is 0. The van der Waals surface area contributed by atoms with Gasteiger partial charge in [0.15, 0.2) is 0 Å². The van der Waals surface area contributed by atoms with Crippen LogP contribution in [-0.2, 0) is 19.1 Å². The molecule has 63 heavy (non-hydrogen) atoms. The van der Waals surface area contributed by atoms with Gasteiger partial charge in [0.2, 0.25) is 0 Å². The third kappa shape index (κ3) is 37.6. The number of hydrogen-bond acceptors (Lipinski definition) is 7.